The summed E-state index contributed by atoms with van der Waals surface area (Å²) in [6.07, 6.45) is 2.03. The van der Waals surface area contributed by atoms with Crippen molar-refractivity contribution in [3.8, 4) is 0 Å². The number of rotatable bonds is 4. The number of anilines is 1. The van der Waals surface area contributed by atoms with E-state index in [9.17, 15) is 14.4 Å². The van der Waals surface area contributed by atoms with Crippen molar-refractivity contribution >= 4 is 28.8 Å². The molecule has 0 saturated carbocycles. The molecule has 1 aromatic heterocycles. The van der Waals surface area contributed by atoms with Gasteiger partial charge in [0.25, 0.3) is 5.91 Å². The number of carbonyl (C=O) groups is 2. The first-order valence-corrected chi connectivity index (χ1v) is 9.19. The van der Waals surface area contributed by atoms with Gasteiger partial charge in [0.2, 0.25) is 5.91 Å². The fraction of sp³-hybridized carbons (Fsp3) is 0.389. The Bertz CT molecular complexity index is 863. The van der Waals surface area contributed by atoms with E-state index in [0.29, 0.717) is 11.3 Å². The molecule has 1 saturated heterocycles. The third kappa shape index (κ3) is 3.66. The summed E-state index contributed by atoms with van der Waals surface area (Å²) < 4.78 is 1.43. The van der Waals surface area contributed by atoms with Gasteiger partial charge in [-0.15, -0.1) is 0 Å². The molecule has 2 amide bonds. The van der Waals surface area contributed by atoms with Crippen LogP contribution in [0.4, 0.5) is 5.69 Å². The van der Waals surface area contributed by atoms with Crippen LogP contribution in [0.15, 0.2) is 28.4 Å². The maximum atomic E-state index is 12.7. The number of nitrogens with zero attached hydrogens (tertiary/aromatic N) is 2. The van der Waals surface area contributed by atoms with E-state index in [1.54, 1.807) is 18.4 Å². The van der Waals surface area contributed by atoms with Gasteiger partial charge >= 0.3 is 4.87 Å². The fourth-order valence-electron chi connectivity index (χ4n) is 3.02. The Labute approximate surface area is 150 Å². The van der Waals surface area contributed by atoms with E-state index in [1.165, 1.54) is 4.57 Å². The van der Waals surface area contributed by atoms with E-state index in [-0.39, 0.29) is 23.2 Å². The quantitative estimate of drug-likeness (QED) is 0.911. The Morgan fingerprint density at radius 2 is 1.92 bits per heavy atom. The molecule has 6 nitrogen and oxygen atoms in total. The van der Waals surface area contributed by atoms with Crippen LogP contribution < -0.4 is 10.2 Å². The Morgan fingerprint density at radius 1 is 1.20 bits per heavy atom. The first-order valence-electron chi connectivity index (χ1n) is 8.31. The molecule has 1 fully saturated rings. The zero-order chi connectivity index (χ0) is 18.0. The van der Waals surface area contributed by atoms with Crippen molar-refractivity contribution in [1.82, 2.24) is 9.47 Å². The molecule has 0 aliphatic carbocycles. The fourth-order valence-corrected chi connectivity index (χ4v) is 3.76. The van der Waals surface area contributed by atoms with E-state index in [2.05, 4.69) is 5.32 Å². The number of thiazole rings is 1. The second-order valence-electron chi connectivity index (χ2n) is 6.27. The number of aromatic nitrogens is 1. The van der Waals surface area contributed by atoms with Gasteiger partial charge in [-0.2, -0.15) is 0 Å². The average molecular weight is 359 g/mol. The van der Waals surface area contributed by atoms with Crippen LogP contribution in [0.2, 0.25) is 0 Å². The van der Waals surface area contributed by atoms with Crippen molar-refractivity contribution in [2.45, 2.75) is 33.2 Å². The number of aryl methyl sites for hydroxylation is 2. The lowest BCUT2D eigenvalue weighted by atomic mass is 10.1. The van der Waals surface area contributed by atoms with E-state index in [4.69, 9.17) is 0 Å². The molecule has 25 heavy (non-hydrogen) atoms. The van der Waals surface area contributed by atoms with Gasteiger partial charge in [0.15, 0.2) is 0 Å². The average Bonchev–Trinajstić information content (AvgIpc) is 3.22. The zero-order valence-corrected chi connectivity index (χ0v) is 15.2. The van der Waals surface area contributed by atoms with Gasteiger partial charge < -0.3 is 10.2 Å². The van der Waals surface area contributed by atoms with Crippen LogP contribution in [-0.4, -0.2) is 34.4 Å². The minimum atomic E-state index is -0.312. The largest absolute Gasteiger partial charge is 0.339 e. The molecule has 7 heteroatoms. The van der Waals surface area contributed by atoms with E-state index < -0.39 is 0 Å². The maximum absolute atomic E-state index is 12.7. The molecular formula is C18H21N3O3S. The van der Waals surface area contributed by atoms with Crippen LogP contribution in [0.5, 0.6) is 0 Å². The molecule has 1 aromatic carbocycles. The van der Waals surface area contributed by atoms with Crippen molar-refractivity contribution < 1.29 is 9.59 Å². The van der Waals surface area contributed by atoms with Crippen LogP contribution in [0, 0.1) is 13.8 Å². The Morgan fingerprint density at radius 3 is 2.56 bits per heavy atom. The van der Waals surface area contributed by atoms with E-state index in [1.807, 2.05) is 24.0 Å². The van der Waals surface area contributed by atoms with Gasteiger partial charge in [0.05, 0.1) is 11.3 Å². The lowest BCUT2D eigenvalue weighted by molar-refractivity contribution is -0.116. The van der Waals surface area contributed by atoms with Crippen LogP contribution in [-0.2, 0) is 11.3 Å². The monoisotopic (exact) mass is 359 g/mol. The maximum Gasteiger partial charge on any atom is 0.307 e. The normalized spacial score (nSPS) is 13.9. The van der Waals surface area contributed by atoms with Crippen molar-refractivity contribution in [1.29, 1.82) is 0 Å². The second kappa shape index (κ2) is 7.23. The molecule has 0 spiro atoms. The number of amides is 2. The van der Waals surface area contributed by atoms with Crippen molar-refractivity contribution in [2.75, 3.05) is 18.4 Å². The van der Waals surface area contributed by atoms with Crippen molar-refractivity contribution in [2.24, 2.45) is 0 Å². The summed E-state index contributed by atoms with van der Waals surface area (Å²) >= 11 is 1.07. The number of para-hydroxylation sites is 1. The summed E-state index contributed by atoms with van der Waals surface area (Å²) in [7, 11) is 0. The molecule has 1 aliphatic rings. The van der Waals surface area contributed by atoms with Gasteiger partial charge in [-0.25, -0.2) is 0 Å². The highest BCUT2D eigenvalue weighted by atomic mass is 32.1. The summed E-state index contributed by atoms with van der Waals surface area (Å²) in [5.74, 6) is -0.367. The predicted molar refractivity (Wildman–Crippen MR) is 98.3 cm³/mol. The molecule has 0 unspecified atom stereocenters. The van der Waals surface area contributed by atoms with Crippen LogP contribution in [0.3, 0.4) is 0 Å². The lowest BCUT2D eigenvalue weighted by Crippen LogP contribution is -2.30. The Hall–Kier alpha value is -2.41. The van der Waals surface area contributed by atoms with Gasteiger partial charge in [0.1, 0.15) is 6.54 Å². The number of hydrogen-bond acceptors (Lipinski definition) is 4. The summed E-state index contributed by atoms with van der Waals surface area (Å²) in [6, 6.07) is 5.42. The second-order valence-corrected chi connectivity index (χ2v) is 7.09. The third-order valence-electron chi connectivity index (χ3n) is 4.44. The van der Waals surface area contributed by atoms with Gasteiger partial charge in [-0.3, -0.25) is 19.0 Å². The summed E-state index contributed by atoms with van der Waals surface area (Å²) in [5, 5.41) is 4.56. The molecule has 132 valence electrons. The predicted octanol–water partition coefficient (Wildman–Crippen LogP) is 2.40. The first-order chi connectivity index (χ1) is 12.0. The van der Waals surface area contributed by atoms with E-state index >= 15 is 0 Å². The molecule has 0 bridgehead atoms. The zero-order valence-electron chi connectivity index (χ0n) is 14.4. The van der Waals surface area contributed by atoms with Crippen LogP contribution in [0.25, 0.3) is 0 Å². The lowest BCUT2D eigenvalue weighted by Gasteiger charge is -2.19. The highest BCUT2D eigenvalue weighted by molar-refractivity contribution is 7.07. The van der Waals surface area contributed by atoms with E-state index in [0.717, 1.165) is 48.5 Å². The Kier molecular flexibility index (Phi) is 5.03. The van der Waals surface area contributed by atoms with Crippen molar-refractivity contribution in [3.05, 3.63) is 50.1 Å². The molecule has 2 aromatic rings. The summed E-state index contributed by atoms with van der Waals surface area (Å²) in [4.78, 5) is 38.6. The molecule has 3 rings (SSSR count). The topological polar surface area (TPSA) is 71.4 Å². The molecule has 2 heterocycles. The Balaban J connectivity index is 1.83. The molecule has 0 radical (unpaired) electrons. The highest BCUT2D eigenvalue weighted by Gasteiger charge is 2.23. The number of hydrogen-bond donors (Lipinski definition) is 1. The highest BCUT2D eigenvalue weighted by Crippen LogP contribution is 2.24. The standard InChI is InChI=1S/C18H21N3O3S/c1-12-6-5-7-14(17(23)20-8-3-4-9-20)16(12)19-15(22)10-21-13(2)11-25-18(21)24/h5-7,11H,3-4,8-10H2,1-2H3,(H,19,22). The van der Waals surface area contributed by atoms with Crippen molar-refractivity contribution in [3.63, 3.8) is 0 Å². The molecule has 0 atom stereocenters. The number of likely N-dealkylation sites (tertiary alicyclic amines) is 1. The van der Waals surface area contributed by atoms with Gasteiger partial charge in [-0.05, 0) is 38.3 Å². The van der Waals surface area contributed by atoms with Crippen LogP contribution in [0.1, 0.15) is 34.5 Å². The third-order valence-corrected chi connectivity index (χ3v) is 5.32. The molecule has 1 aliphatic heterocycles. The molecular weight excluding hydrogens is 338 g/mol. The smallest absolute Gasteiger partial charge is 0.307 e. The molecule has 1 N–H and O–H groups in total. The minimum Gasteiger partial charge on any atom is -0.339 e. The van der Waals surface area contributed by atoms with Crippen LogP contribution >= 0.6 is 11.3 Å². The SMILES string of the molecule is Cc1cccc(C(=O)N2CCCC2)c1NC(=O)Cn1c(C)csc1=O. The van der Waals surface area contributed by atoms with Gasteiger partial charge in [-0.1, -0.05) is 23.5 Å². The summed E-state index contributed by atoms with van der Waals surface area (Å²) in [5.41, 5.74) is 2.62. The number of nitrogens with one attached hydrogen (secondary N) is 1. The minimum absolute atomic E-state index is 0.0552. The number of benzene rings is 1. The summed E-state index contributed by atoms with van der Waals surface area (Å²) in [6.45, 7) is 5.10. The first kappa shape index (κ1) is 17.4. The van der Waals surface area contributed by atoms with Gasteiger partial charge in [0, 0.05) is 24.2 Å². The number of carbonyl (C=O) groups excluding carboxylic acids is 2.